The molecule has 0 saturated carbocycles. The number of carbonyl (C=O) groups excluding carboxylic acids is 1. The van der Waals surface area contributed by atoms with Crippen LogP contribution in [-0.2, 0) is 11.3 Å². The summed E-state index contributed by atoms with van der Waals surface area (Å²) < 4.78 is 0. The first kappa shape index (κ1) is 16.0. The third-order valence-corrected chi connectivity index (χ3v) is 4.23. The predicted molar refractivity (Wildman–Crippen MR) is 87.0 cm³/mol. The Morgan fingerprint density at radius 2 is 2.14 bits per heavy atom. The van der Waals surface area contributed by atoms with E-state index in [1.165, 1.54) is 18.4 Å². The first-order valence-corrected chi connectivity index (χ1v) is 8.32. The molecule has 1 aromatic rings. The highest BCUT2D eigenvalue weighted by Crippen LogP contribution is 2.17. The molecule has 3 nitrogen and oxygen atoms in total. The van der Waals surface area contributed by atoms with Crippen molar-refractivity contribution in [2.24, 2.45) is 5.92 Å². The van der Waals surface area contributed by atoms with Gasteiger partial charge < -0.3 is 10.2 Å². The normalized spacial score (nSPS) is 18.4. The molecule has 1 heterocycles. The molecule has 1 aliphatic rings. The molecular formula is C18H28N2O. The van der Waals surface area contributed by atoms with Gasteiger partial charge in [0.25, 0.3) is 0 Å². The minimum absolute atomic E-state index is 0.311. The fraction of sp³-hybridized carbons (Fsp3) is 0.611. The molecule has 0 bridgehead atoms. The van der Waals surface area contributed by atoms with Crippen LogP contribution in [0.4, 0.5) is 0 Å². The van der Waals surface area contributed by atoms with E-state index in [1.54, 1.807) is 0 Å². The molecule has 116 valence electrons. The van der Waals surface area contributed by atoms with Crippen molar-refractivity contribution in [2.75, 3.05) is 19.6 Å². The van der Waals surface area contributed by atoms with Crippen molar-refractivity contribution < 1.29 is 4.79 Å². The summed E-state index contributed by atoms with van der Waals surface area (Å²) in [7, 11) is 0. The highest BCUT2D eigenvalue weighted by Gasteiger charge is 2.17. The topological polar surface area (TPSA) is 32.3 Å². The van der Waals surface area contributed by atoms with Crippen molar-refractivity contribution in [1.29, 1.82) is 0 Å². The van der Waals surface area contributed by atoms with Crippen LogP contribution in [-0.4, -0.2) is 30.4 Å². The Balaban J connectivity index is 1.83. The summed E-state index contributed by atoms with van der Waals surface area (Å²) in [6, 6.07) is 10.3. The van der Waals surface area contributed by atoms with Gasteiger partial charge in [0.2, 0.25) is 5.91 Å². The van der Waals surface area contributed by atoms with Crippen molar-refractivity contribution in [3.63, 3.8) is 0 Å². The lowest BCUT2D eigenvalue weighted by molar-refractivity contribution is -0.132. The van der Waals surface area contributed by atoms with E-state index in [2.05, 4.69) is 24.4 Å². The van der Waals surface area contributed by atoms with E-state index in [4.69, 9.17) is 0 Å². The van der Waals surface area contributed by atoms with E-state index in [-0.39, 0.29) is 0 Å². The maximum absolute atomic E-state index is 12.5. The molecule has 1 aromatic carbocycles. The van der Waals surface area contributed by atoms with Crippen LogP contribution in [0.5, 0.6) is 0 Å². The molecule has 0 aromatic heterocycles. The third-order valence-electron chi connectivity index (χ3n) is 4.23. The van der Waals surface area contributed by atoms with Gasteiger partial charge in [-0.15, -0.1) is 0 Å². The average molecular weight is 288 g/mol. The maximum Gasteiger partial charge on any atom is 0.222 e. The van der Waals surface area contributed by atoms with Crippen LogP contribution < -0.4 is 5.32 Å². The van der Waals surface area contributed by atoms with Gasteiger partial charge >= 0.3 is 0 Å². The van der Waals surface area contributed by atoms with E-state index >= 15 is 0 Å². The zero-order valence-electron chi connectivity index (χ0n) is 13.2. The van der Waals surface area contributed by atoms with Gasteiger partial charge in [-0.1, -0.05) is 37.3 Å². The SMILES string of the molecule is CCCN(Cc1ccccc1)C(=O)CCC1CCCNC1. The van der Waals surface area contributed by atoms with Crippen molar-refractivity contribution in [3.8, 4) is 0 Å². The molecule has 0 aliphatic carbocycles. The second kappa shape index (κ2) is 8.83. The zero-order chi connectivity index (χ0) is 14.9. The summed E-state index contributed by atoms with van der Waals surface area (Å²) >= 11 is 0. The highest BCUT2D eigenvalue weighted by atomic mass is 16.2. The Morgan fingerprint density at radius 1 is 1.33 bits per heavy atom. The summed E-state index contributed by atoms with van der Waals surface area (Å²) in [5.74, 6) is 0.995. The number of nitrogens with one attached hydrogen (secondary N) is 1. The summed E-state index contributed by atoms with van der Waals surface area (Å²) in [5.41, 5.74) is 1.22. The quantitative estimate of drug-likeness (QED) is 0.835. The molecule has 1 aliphatic heterocycles. The average Bonchev–Trinajstić information content (AvgIpc) is 2.54. The number of piperidine rings is 1. The van der Waals surface area contributed by atoms with E-state index in [9.17, 15) is 4.79 Å². The Hall–Kier alpha value is -1.35. The van der Waals surface area contributed by atoms with Gasteiger partial charge in [-0.25, -0.2) is 0 Å². The van der Waals surface area contributed by atoms with E-state index in [1.807, 2.05) is 23.1 Å². The second-order valence-electron chi connectivity index (χ2n) is 6.05. The lowest BCUT2D eigenvalue weighted by Crippen LogP contribution is -2.33. The molecule has 2 rings (SSSR count). The monoisotopic (exact) mass is 288 g/mol. The Labute approximate surface area is 128 Å². The minimum Gasteiger partial charge on any atom is -0.338 e. The third kappa shape index (κ3) is 5.50. The van der Waals surface area contributed by atoms with Gasteiger partial charge in [0, 0.05) is 19.5 Å². The fourth-order valence-corrected chi connectivity index (χ4v) is 3.02. The molecule has 0 spiro atoms. The lowest BCUT2D eigenvalue weighted by Gasteiger charge is -2.25. The molecule has 3 heteroatoms. The van der Waals surface area contributed by atoms with Crippen molar-refractivity contribution in [1.82, 2.24) is 10.2 Å². The van der Waals surface area contributed by atoms with Gasteiger partial charge in [0.15, 0.2) is 0 Å². The summed E-state index contributed by atoms with van der Waals surface area (Å²) in [4.78, 5) is 14.5. The number of hydrogen-bond acceptors (Lipinski definition) is 2. The van der Waals surface area contributed by atoms with E-state index < -0.39 is 0 Å². The zero-order valence-corrected chi connectivity index (χ0v) is 13.2. The van der Waals surface area contributed by atoms with Crippen molar-refractivity contribution in [3.05, 3.63) is 35.9 Å². The number of hydrogen-bond donors (Lipinski definition) is 1. The van der Waals surface area contributed by atoms with Gasteiger partial charge in [0.1, 0.15) is 0 Å². The highest BCUT2D eigenvalue weighted by molar-refractivity contribution is 5.76. The summed E-state index contributed by atoms with van der Waals surface area (Å²) in [6.45, 7) is 5.96. The number of amides is 1. The second-order valence-corrected chi connectivity index (χ2v) is 6.05. The fourth-order valence-electron chi connectivity index (χ4n) is 3.02. The largest absolute Gasteiger partial charge is 0.338 e. The number of nitrogens with zero attached hydrogens (tertiary/aromatic N) is 1. The van der Waals surface area contributed by atoms with Gasteiger partial charge in [0.05, 0.1) is 0 Å². The molecule has 1 fully saturated rings. The molecule has 21 heavy (non-hydrogen) atoms. The molecule has 1 atom stereocenters. The standard InChI is InChI=1S/C18H28N2O/c1-2-13-20(15-17-7-4-3-5-8-17)18(21)11-10-16-9-6-12-19-14-16/h3-5,7-8,16,19H,2,6,9-15H2,1H3. The molecule has 1 N–H and O–H groups in total. The molecule has 1 unspecified atom stereocenters. The molecular weight excluding hydrogens is 260 g/mol. The van der Waals surface area contributed by atoms with Crippen LogP contribution >= 0.6 is 0 Å². The van der Waals surface area contributed by atoms with Gasteiger partial charge in [-0.05, 0) is 50.3 Å². The number of rotatable bonds is 7. The van der Waals surface area contributed by atoms with Gasteiger partial charge in [-0.3, -0.25) is 4.79 Å². The van der Waals surface area contributed by atoms with Crippen molar-refractivity contribution in [2.45, 2.75) is 45.6 Å². The first-order valence-electron chi connectivity index (χ1n) is 8.32. The van der Waals surface area contributed by atoms with Crippen LogP contribution in [0.2, 0.25) is 0 Å². The lowest BCUT2D eigenvalue weighted by atomic mass is 9.94. The maximum atomic E-state index is 12.5. The predicted octanol–water partition coefficient (Wildman–Crippen LogP) is 3.21. The Kier molecular flexibility index (Phi) is 6.74. The minimum atomic E-state index is 0.311. The Bertz CT molecular complexity index is 412. The molecule has 1 amide bonds. The van der Waals surface area contributed by atoms with Crippen molar-refractivity contribution >= 4 is 5.91 Å². The van der Waals surface area contributed by atoms with Crippen LogP contribution in [0.1, 0.15) is 44.6 Å². The molecule has 0 radical (unpaired) electrons. The van der Waals surface area contributed by atoms with Crippen LogP contribution in [0.25, 0.3) is 0 Å². The Morgan fingerprint density at radius 3 is 2.81 bits per heavy atom. The van der Waals surface area contributed by atoms with E-state index in [0.29, 0.717) is 18.2 Å². The smallest absolute Gasteiger partial charge is 0.222 e. The summed E-state index contributed by atoms with van der Waals surface area (Å²) in [5, 5.41) is 3.43. The van der Waals surface area contributed by atoms with Crippen LogP contribution in [0, 0.1) is 5.92 Å². The van der Waals surface area contributed by atoms with Crippen LogP contribution in [0.15, 0.2) is 30.3 Å². The first-order chi connectivity index (χ1) is 10.3. The number of benzene rings is 1. The summed E-state index contributed by atoms with van der Waals surface area (Å²) in [6.07, 6.45) is 5.26. The van der Waals surface area contributed by atoms with E-state index in [0.717, 1.165) is 39.0 Å². The van der Waals surface area contributed by atoms with Gasteiger partial charge in [-0.2, -0.15) is 0 Å². The number of carbonyl (C=O) groups is 1. The van der Waals surface area contributed by atoms with Crippen LogP contribution in [0.3, 0.4) is 0 Å². The molecule has 1 saturated heterocycles.